The first-order chi connectivity index (χ1) is 9.54. The summed E-state index contributed by atoms with van der Waals surface area (Å²) in [6, 6.07) is 12.4. The van der Waals surface area contributed by atoms with E-state index in [2.05, 4.69) is 52.4 Å². The molecule has 1 aliphatic rings. The first-order valence-corrected chi connectivity index (χ1v) is 7.50. The fourth-order valence-electron chi connectivity index (χ4n) is 2.86. The topological polar surface area (TPSA) is 29.1 Å². The van der Waals surface area contributed by atoms with Crippen LogP contribution in [0, 0.1) is 13.8 Å². The molecule has 0 spiro atoms. The molecule has 0 radical (unpaired) electrons. The zero-order valence-electron chi connectivity index (χ0n) is 11.5. The fraction of sp³-hybridized carbons (Fsp3) is 0.235. The molecule has 1 atom stereocenters. The van der Waals surface area contributed by atoms with Gasteiger partial charge in [0.05, 0.1) is 5.92 Å². The molecule has 1 N–H and O–H groups in total. The number of hydrogen-bond donors (Lipinski definition) is 1. The van der Waals surface area contributed by atoms with Crippen LogP contribution in [0.2, 0.25) is 0 Å². The van der Waals surface area contributed by atoms with Crippen molar-refractivity contribution >= 4 is 27.5 Å². The molecule has 0 aromatic heterocycles. The Labute approximate surface area is 127 Å². The molecule has 0 fully saturated rings. The normalized spacial score (nSPS) is 16.9. The Kier molecular flexibility index (Phi) is 3.38. The number of benzene rings is 2. The average Bonchev–Trinajstić information content (AvgIpc) is 2.70. The van der Waals surface area contributed by atoms with Crippen LogP contribution >= 0.6 is 15.9 Å². The molecule has 0 saturated heterocycles. The van der Waals surface area contributed by atoms with Gasteiger partial charge < -0.3 is 5.32 Å². The number of rotatable bonds is 2. The molecule has 1 amide bonds. The number of halogens is 1. The molecule has 102 valence electrons. The number of nitrogens with one attached hydrogen (secondary N) is 1. The van der Waals surface area contributed by atoms with Crippen molar-refractivity contribution in [2.24, 2.45) is 0 Å². The summed E-state index contributed by atoms with van der Waals surface area (Å²) in [5.41, 5.74) is 5.67. The number of carbonyl (C=O) groups excluding carboxylic acids is 1. The average molecular weight is 330 g/mol. The summed E-state index contributed by atoms with van der Waals surface area (Å²) < 4.78 is 1.06. The Morgan fingerprint density at radius 3 is 2.55 bits per heavy atom. The van der Waals surface area contributed by atoms with E-state index >= 15 is 0 Å². The number of aryl methyl sites for hydroxylation is 2. The lowest BCUT2D eigenvalue weighted by Crippen LogP contribution is -2.14. The van der Waals surface area contributed by atoms with Gasteiger partial charge in [0.25, 0.3) is 0 Å². The van der Waals surface area contributed by atoms with E-state index < -0.39 is 0 Å². The predicted octanol–water partition coefficient (Wildman–Crippen LogP) is 4.34. The highest BCUT2D eigenvalue weighted by Gasteiger charge is 2.31. The molecule has 2 aromatic rings. The molecule has 0 aliphatic carbocycles. The van der Waals surface area contributed by atoms with Gasteiger partial charge in [-0.3, -0.25) is 4.79 Å². The predicted molar refractivity (Wildman–Crippen MR) is 85.1 cm³/mol. The second-order valence-electron chi connectivity index (χ2n) is 5.42. The van der Waals surface area contributed by atoms with Crippen molar-refractivity contribution < 1.29 is 4.79 Å². The highest BCUT2D eigenvalue weighted by atomic mass is 79.9. The number of carbonyl (C=O) groups is 1. The van der Waals surface area contributed by atoms with Crippen molar-refractivity contribution in [3.63, 3.8) is 0 Å². The van der Waals surface area contributed by atoms with E-state index in [9.17, 15) is 4.79 Å². The molecule has 20 heavy (non-hydrogen) atoms. The Hall–Kier alpha value is -1.61. The summed E-state index contributed by atoms with van der Waals surface area (Å²) in [4.78, 5) is 12.2. The number of hydrogen-bond acceptors (Lipinski definition) is 1. The van der Waals surface area contributed by atoms with E-state index in [4.69, 9.17) is 0 Å². The lowest BCUT2D eigenvalue weighted by Gasteiger charge is -2.10. The van der Waals surface area contributed by atoms with Crippen LogP contribution in [-0.2, 0) is 11.2 Å². The van der Waals surface area contributed by atoms with Crippen LogP contribution in [0.15, 0.2) is 40.9 Å². The Morgan fingerprint density at radius 1 is 1.15 bits per heavy atom. The second kappa shape index (κ2) is 5.06. The summed E-state index contributed by atoms with van der Waals surface area (Å²) >= 11 is 3.44. The molecule has 2 nitrogen and oxygen atoms in total. The van der Waals surface area contributed by atoms with Gasteiger partial charge in [0.1, 0.15) is 0 Å². The van der Waals surface area contributed by atoms with Crippen molar-refractivity contribution in [3.8, 4) is 0 Å². The number of amides is 1. The van der Waals surface area contributed by atoms with Gasteiger partial charge in [0.2, 0.25) is 5.91 Å². The third-order valence-corrected chi connectivity index (χ3v) is 4.33. The second-order valence-corrected chi connectivity index (χ2v) is 6.33. The minimum Gasteiger partial charge on any atom is -0.325 e. The third-order valence-electron chi connectivity index (χ3n) is 3.80. The van der Waals surface area contributed by atoms with E-state index in [0.29, 0.717) is 0 Å². The molecule has 0 unspecified atom stereocenters. The molecular weight excluding hydrogens is 314 g/mol. The number of anilines is 1. The monoisotopic (exact) mass is 329 g/mol. The summed E-state index contributed by atoms with van der Waals surface area (Å²) in [7, 11) is 0. The standard InChI is InChI=1S/C17H16BrNO/c1-10-7-11(2)16-14(8-10)15(17(20)19-16)9-12-3-5-13(18)6-4-12/h3-8,15H,9H2,1-2H3,(H,19,20)/t15-/m1/s1. The fourth-order valence-corrected chi connectivity index (χ4v) is 3.12. The zero-order chi connectivity index (χ0) is 14.3. The van der Waals surface area contributed by atoms with Gasteiger partial charge in [-0.2, -0.15) is 0 Å². The van der Waals surface area contributed by atoms with Crippen LogP contribution in [0.5, 0.6) is 0 Å². The zero-order valence-corrected chi connectivity index (χ0v) is 13.1. The third kappa shape index (κ3) is 2.38. The Morgan fingerprint density at radius 2 is 1.85 bits per heavy atom. The summed E-state index contributed by atoms with van der Waals surface area (Å²) in [5.74, 6) is 0.0291. The van der Waals surface area contributed by atoms with Crippen LogP contribution < -0.4 is 5.32 Å². The smallest absolute Gasteiger partial charge is 0.232 e. The van der Waals surface area contributed by atoms with Crippen LogP contribution in [0.4, 0.5) is 5.69 Å². The first-order valence-electron chi connectivity index (χ1n) is 6.71. The molecule has 3 rings (SSSR count). The van der Waals surface area contributed by atoms with Crippen molar-refractivity contribution in [2.75, 3.05) is 5.32 Å². The Bertz CT molecular complexity index is 676. The first kappa shape index (κ1) is 13.4. The van der Waals surface area contributed by atoms with Gasteiger partial charge in [-0.25, -0.2) is 0 Å². The SMILES string of the molecule is Cc1cc(C)c2c(c1)[C@@H](Cc1ccc(Br)cc1)C(=O)N2. The van der Waals surface area contributed by atoms with Crippen molar-refractivity contribution in [3.05, 3.63) is 63.1 Å². The van der Waals surface area contributed by atoms with Gasteiger partial charge in [-0.15, -0.1) is 0 Å². The van der Waals surface area contributed by atoms with Gasteiger partial charge >= 0.3 is 0 Å². The number of fused-ring (bicyclic) bond motifs is 1. The Balaban J connectivity index is 1.96. The van der Waals surface area contributed by atoms with Gasteiger partial charge in [-0.05, 0) is 49.1 Å². The van der Waals surface area contributed by atoms with Gasteiger partial charge in [0.15, 0.2) is 0 Å². The van der Waals surface area contributed by atoms with Crippen LogP contribution in [0.1, 0.15) is 28.2 Å². The maximum absolute atomic E-state index is 12.2. The van der Waals surface area contributed by atoms with E-state index in [-0.39, 0.29) is 11.8 Å². The van der Waals surface area contributed by atoms with Crippen molar-refractivity contribution in [2.45, 2.75) is 26.2 Å². The molecule has 0 saturated carbocycles. The quantitative estimate of drug-likeness (QED) is 0.872. The molecule has 3 heteroatoms. The maximum Gasteiger partial charge on any atom is 0.232 e. The van der Waals surface area contributed by atoms with Crippen LogP contribution in [0.25, 0.3) is 0 Å². The molecular formula is C17H16BrNO. The summed E-state index contributed by atoms with van der Waals surface area (Å²) in [6.07, 6.45) is 0.745. The van der Waals surface area contributed by atoms with E-state index in [1.165, 1.54) is 11.1 Å². The lowest BCUT2D eigenvalue weighted by atomic mass is 9.91. The minimum absolute atomic E-state index is 0.0789. The lowest BCUT2D eigenvalue weighted by molar-refractivity contribution is -0.117. The van der Waals surface area contributed by atoms with E-state index in [1.54, 1.807) is 0 Å². The molecule has 0 bridgehead atoms. The van der Waals surface area contributed by atoms with E-state index in [0.717, 1.165) is 27.7 Å². The van der Waals surface area contributed by atoms with Gasteiger partial charge in [-0.1, -0.05) is 45.8 Å². The summed E-state index contributed by atoms with van der Waals surface area (Å²) in [6.45, 7) is 4.13. The van der Waals surface area contributed by atoms with Crippen LogP contribution in [0.3, 0.4) is 0 Å². The minimum atomic E-state index is -0.0789. The maximum atomic E-state index is 12.2. The van der Waals surface area contributed by atoms with Crippen LogP contribution in [-0.4, -0.2) is 5.91 Å². The molecule has 1 aliphatic heterocycles. The highest BCUT2D eigenvalue weighted by Crippen LogP contribution is 2.37. The van der Waals surface area contributed by atoms with Crippen molar-refractivity contribution in [1.82, 2.24) is 0 Å². The molecule has 1 heterocycles. The summed E-state index contributed by atoms with van der Waals surface area (Å²) in [5, 5.41) is 3.03. The van der Waals surface area contributed by atoms with E-state index in [1.807, 2.05) is 19.1 Å². The molecule has 2 aromatic carbocycles. The highest BCUT2D eigenvalue weighted by molar-refractivity contribution is 9.10. The van der Waals surface area contributed by atoms with Gasteiger partial charge in [0, 0.05) is 10.2 Å². The van der Waals surface area contributed by atoms with Crippen molar-refractivity contribution in [1.29, 1.82) is 0 Å². The largest absolute Gasteiger partial charge is 0.325 e.